The summed E-state index contributed by atoms with van der Waals surface area (Å²) in [6.07, 6.45) is 3.76. The number of primary amides is 1. The predicted molar refractivity (Wildman–Crippen MR) is 82.4 cm³/mol. The molecule has 0 aliphatic carbocycles. The van der Waals surface area contributed by atoms with Crippen molar-refractivity contribution in [1.82, 2.24) is 4.90 Å². The standard InChI is InChI=1S/C17H25FN2O/c1-13(15-5-7-16(18)8-6-15)11-20-10-2-3-14(12-20)4-9-17(19)21/h5-8,13-14H,2-4,9-12H2,1H3,(H2,19,21)/t13-,14-/m1/s1. The van der Waals surface area contributed by atoms with E-state index in [1.165, 1.54) is 30.5 Å². The molecule has 0 saturated carbocycles. The number of carbonyl (C=O) groups is 1. The van der Waals surface area contributed by atoms with Crippen molar-refractivity contribution in [2.75, 3.05) is 19.6 Å². The molecule has 4 heteroatoms. The number of nitrogens with two attached hydrogens (primary N) is 1. The molecule has 0 unspecified atom stereocenters. The number of hydrogen-bond acceptors (Lipinski definition) is 2. The first-order valence-electron chi connectivity index (χ1n) is 7.80. The Morgan fingerprint density at radius 2 is 2.14 bits per heavy atom. The van der Waals surface area contributed by atoms with Crippen LogP contribution in [0.5, 0.6) is 0 Å². The summed E-state index contributed by atoms with van der Waals surface area (Å²) < 4.78 is 13.0. The van der Waals surface area contributed by atoms with Crippen LogP contribution in [0.2, 0.25) is 0 Å². The first-order valence-corrected chi connectivity index (χ1v) is 7.80. The number of amides is 1. The van der Waals surface area contributed by atoms with Crippen molar-refractivity contribution in [3.05, 3.63) is 35.6 Å². The van der Waals surface area contributed by atoms with E-state index in [-0.39, 0.29) is 11.7 Å². The fourth-order valence-corrected chi connectivity index (χ4v) is 3.18. The average Bonchev–Trinajstić information content (AvgIpc) is 2.46. The van der Waals surface area contributed by atoms with Gasteiger partial charge in [-0.15, -0.1) is 0 Å². The number of halogens is 1. The zero-order valence-corrected chi connectivity index (χ0v) is 12.7. The van der Waals surface area contributed by atoms with Crippen LogP contribution in [0.3, 0.4) is 0 Å². The molecule has 0 spiro atoms. The monoisotopic (exact) mass is 292 g/mol. The Labute approximate surface area is 126 Å². The number of benzene rings is 1. The highest BCUT2D eigenvalue weighted by atomic mass is 19.1. The molecule has 1 fully saturated rings. The molecule has 0 radical (unpaired) electrons. The highest BCUT2D eigenvalue weighted by Crippen LogP contribution is 2.24. The molecule has 0 aromatic heterocycles. The molecular weight excluding hydrogens is 267 g/mol. The van der Waals surface area contributed by atoms with Crippen molar-refractivity contribution in [2.24, 2.45) is 11.7 Å². The van der Waals surface area contributed by atoms with Crippen molar-refractivity contribution in [3.8, 4) is 0 Å². The summed E-state index contributed by atoms with van der Waals surface area (Å²) >= 11 is 0. The van der Waals surface area contributed by atoms with Gasteiger partial charge >= 0.3 is 0 Å². The van der Waals surface area contributed by atoms with E-state index in [1.54, 1.807) is 0 Å². The SMILES string of the molecule is C[C@H](CN1CCC[C@H](CCC(N)=O)C1)c1ccc(F)cc1. The number of carbonyl (C=O) groups excluding carboxylic acids is 1. The van der Waals surface area contributed by atoms with E-state index in [4.69, 9.17) is 5.73 Å². The summed E-state index contributed by atoms with van der Waals surface area (Å²) in [6, 6.07) is 6.79. The maximum absolute atomic E-state index is 13.0. The molecule has 2 atom stereocenters. The lowest BCUT2D eigenvalue weighted by molar-refractivity contribution is -0.118. The van der Waals surface area contributed by atoms with Gasteiger partial charge in [0.1, 0.15) is 5.82 Å². The Bertz CT molecular complexity index is 460. The van der Waals surface area contributed by atoms with E-state index in [0.29, 0.717) is 18.3 Å². The Kier molecular flexibility index (Phi) is 5.74. The molecule has 1 saturated heterocycles. The summed E-state index contributed by atoms with van der Waals surface area (Å²) in [5, 5.41) is 0. The summed E-state index contributed by atoms with van der Waals surface area (Å²) in [5.41, 5.74) is 6.41. The van der Waals surface area contributed by atoms with E-state index < -0.39 is 0 Å². The van der Waals surface area contributed by atoms with Crippen LogP contribution in [-0.2, 0) is 4.79 Å². The molecule has 1 aromatic carbocycles. The van der Waals surface area contributed by atoms with E-state index >= 15 is 0 Å². The van der Waals surface area contributed by atoms with Gasteiger partial charge < -0.3 is 10.6 Å². The Morgan fingerprint density at radius 1 is 1.43 bits per heavy atom. The molecule has 0 bridgehead atoms. The number of nitrogens with zero attached hydrogens (tertiary/aromatic N) is 1. The molecule has 1 aliphatic heterocycles. The lowest BCUT2D eigenvalue weighted by Gasteiger charge is -2.34. The highest BCUT2D eigenvalue weighted by Gasteiger charge is 2.21. The first kappa shape index (κ1) is 16.0. The van der Waals surface area contributed by atoms with Crippen molar-refractivity contribution < 1.29 is 9.18 Å². The van der Waals surface area contributed by atoms with Gasteiger partial charge in [-0.1, -0.05) is 19.1 Å². The summed E-state index contributed by atoms with van der Waals surface area (Å²) in [4.78, 5) is 13.4. The molecule has 3 nitrogen and oxygen atoms in total. The van der Waals surface area contributed by atoms with Gasteiger partial charge in [-0.2, -0.15) is 0 Å². The number of piperidine rings is 1. The number of hydrogen-bond donors (Lipinski definition) is 1. The van der Waals surface area contributed by atoms with Crippen LogP contribution in [0.4, 0.5) is 4.39 Å². The third-order valence-electron chi connectivity index (χ3n) is 4.37. The van der Waals surface area contributed by atoms with E-state index in [1.807, 2.05) is 12.1 Å². The zero-order chi connectivity index (χ0) is 15.2. The second-order valence-electron chi connectivity index (χ2n) is 6.23. The molecule has 1 heterocycles. The molecule has 2 rings (SSSR count). The second kappa shape index (κ2) is 7.55. The average molecular weight is 292 g/mol. The summed E-state index contributed by atoms with van der Waals surface area (Å²) in [5.74, 6) is 0.578. The largest absolute Gasteiger partial charge is 0.370 e. The van der Waals surface area contributed by atoms with Crippen LogP contribution in [-0.4, -0.2) is 30.4 Å². The highest BCUT2D eigenvalue weighted by molar-refractivity contribution is 5.73. The maximum atomic E-state index is 13.0. The van der Waals surface area contributed by atoms with E-state index in [2.05, 4.69) is 11.8 Å². The fourth-order valence-electron chi connectivity index (χ4n) is 3.18. The maximum Gasteiger partial charge on any atom is 0.217 e. The van der Waals surface area contributed by atoms with Crippen molar-refractivity contribution in [1.29, 1.82) is 0 Å². The Morgan fingerprint density at radius 3 is 2.81 bits per heavy atom. The summed E-state index contributed by atoms with van der Waals surface area (Å²) in [7, 11) is 0. The molecule has 1 aromatic rings. The smallest absolute Gasteiger partial charge is 0.217 e. The topological polar surface area (TPSA) is 46.3 Å². The van der Waals surface area contributed by atoms with Crippen LogP contribution < -0.4 is 5.73 Å². The van der Waals surface area contributed by atoms with Gasteiger partial charge in [0.15, 0.2) is 0 Å². The van der Waals surface area contributed by atoms with Crippen LogP contribution in [0.25, 0.3) is 0 Å². The van der Waals surface area contributed by atoms with Crippen LogP contribution >= 0.6 is 0 Å². The minimum Gasteiger partial charge on any atom is -0.370 e. The molecule has 21 heavy (non-hydrogen) atoms. The predicted octanol–water partition coefficient (Wildman–Crippen LogP) is 2.91. The molecule has 116 valence electrons. The lowest BCUT2D eigenvalue weighted by atomic mass is 9.92. The normalized spacial score (nSPS) is 21.1. The molecule has 1 aliphatic rings. The second-order valence-corrected chi connectivity index (χ2v) is 6.23. The van der Waals surface area contributed by atoms with Crippen molar-refractivity contribution in [2.45, 2.75) is 38.5 Å². The van der Waals surface area contributed by atoms with Crippen molar-refractivity contribution >= 4 is 5.91 Å². The summed E-state index contributed by atoms with van der Waals surface area (Å²) in [6.45, 7) is 5.32. The van der Waals surface area contributed by atoms with E-state index in [0.717, 1.165) is 26.1 Å². The first-order chi connectivity index (χ1) is 10.0. The van der Waals surface area contributed by atoms with Crippen LogP contribution in [0, 0.1) is 11.7 Å². The van der Waals surface area contributed by atoms with Gasteiger partial charge in [0.2, 0.25) is 5.91 Å². The molecular formula is C17H25FN2O. The van der Waals surface area contributed by atoms with Gasteiger partial charge in [0.05, 0.1) is 0 Å². The van der Waals surface area contributed by atoms with Gasteiger partial charge in [0.25, 0.3) is 0 Å². The van der Waals surface area contributed by atoms with Gasteiger partial charge in [-0.25, -0.2) is 4.39 Å². The fraction of sp³-hybridized carbons (Fsp3) is 0.588. The number of likely N-dealkylation sites (tertiary alicyclic amines) is 1. The van der Waals surface area contributed by atoms with Gasteiger partial charge in [-0.05, 0) is 55.3 Å². The number of rotatable bonds is 6. The lowest BCUT2D eigenvalue weighted by Crippen LogP contribution is -2.38. The third kappa shape index (κ3) is 5.12. The van der Waals surface area contributed by atoms with Crippen LogP contribution in [0.1, 0.15) is 44.1 Å². The van der Waals surface area contributed by atoms with Crippen LogP contribution in [0.15, 0.2) is 24.3 Å². The minimum atomic E-state index is -0.202. The minimum absolute atomic E-state index is 0.185. The quantitative estimate of drug-likeness (QED) is 0.876. The van der Waals surface area contributed by atoms with E-state index in [9.17, 15) is 9.18 Å². The van der Waals surface area contributed by atoms with Gasteiger partial charge in [0, 0.05) is 19.5 Å². The van der Waals surface area contributed by atoms with Gasteiger partial charge in [-0.3, -0.25) is 4.79 Å². The molecule has 1 amide bonds. The third-order valence-corrected chi connectivity index (χ3v) is 4.37. The Balaban J connectivity index is 1.84. The molecule has 2 N–H and O–H groups in total. The Hall–Kier alpha value is -1.42. The zero-order valence-electron chi connectivity index (χ0n) is 12.7. The van der Waals surface area contributed by atoms with Crippen molar-refractivity contribution in [3.63, 3.8) is 0 Å².